The topological polar surface area (TPSA) is 12.0 Å². The second kappa shape index (κ2) is 4.58. The van der Waals surface area contributed by atoms with E-state index in [-0.39, 0.29) is 0 Å². The summed E-state index contributed by atoms with van der Waals surface area (Å²) in [5.41, 5.74) is 4.32. The van der Waals surface area contributed by atoms with Crippen LogP contribution in [0.3, 0.4) is 0 Å². The zero-order valence-corrected chi connectivity index (χ0v) is 10.5. The number of benzene rings is 1. The SMILES string of the molecule is Cc1cccc(C)c1C1NCC(C)CS1. The maximum atomic E-state index is 3.63. The zero-order chi connectivity index (χ0) is 10.8. The molecule has 1 aliphatic rings. The Kier molecular flexibility index (Phi) is 3.37. The lowest BCUT2D eigenvalue weighted by molar-refractivity contribution is 0.528. The Bertz CT molecular complexity index is 320. The molecule has 1 aliphatic heterocycles. The van der Waals surface area contributed by atoms with E-state index in [4.69, 9.17) is 0 Å². The highest BCUT2D eigenvalue weighted by Crippen LogP contribution is 2.34. The summed E-state index contributed by atoms with van der Waals surface area (Å²) in [6.07, 6.45) is 0. The van der Waals surface area contributed by atoms with Gasteiger partial charge in [-0.05, 0) is 48.8 Å². The number of hydrogen-bond donors (Lipinski definition) is 1. The molecule has 1 N–H and O–H groups in total. The maximum absolute atomic E-state index is 3.63. The van der Waals surface area contributed by atoms with Gasteiger partial charge in [-0.15, -0.1) is 11.8 Å². The molecule has 0 amide bonds. The molecule has 0 saturated carbocycles. The molecule has 0 aromatic heterocycles. The van der Waals surface area contributed by atoms with Crippen LogP contribution in [-0.4, -0.2) is 12.3 Å². The first-order valence-corrected chi connectivity index (χ1v) is 6.64. The molecular weight excluding hydrogens is 202 g/mol. The van der Waals surface area contributed by atoms with Crippen LogP contribution >= 0.6 is 11.8 Å². The molecule has 2 rings (SSSR count). The maximum Gasteiger partial charge on any atom is 0.0794 e. The lowest BCUT2D eigenvalue weighted by atomic mass is 10.0. The van der Waals surface area contributed by atoms with Crippen molar-refractivity contribution in [3.05, 3.63) is 34.9 Å². The number of rotatable bonds is 1. The molecule has 0 radical (unpaired) electrons. The smallest absolute Gasteiger partial charge is 0.0794 e. The van der Waals surface area contributed by atoms with Crippen molar-refractivity contribution in [2.24, 2.45) is 5.92 Å². The van der Waals surface area contributed by atoms with Gasteiger partial charge in [-0.2, -0.15) is 0 Å². The van der Waals surface area contributed by atoms with Crippen LogP contribution in [0.25, 0.3) is 0 Å². The highest BCUT2D eigenvalue weighted by Gasteiger charge is 2.21. The molecule has 2 atom stereocenters. The summed E-state index contributed by atoms with van der Waals surface area (Å²) >= 11 is 2.04. The van der Waals surface area contributed by atoms with Crippen molar-refractivity contribution in [2.45, 2.75) is 26.1 Å². The molecule has 1 aromatic rings. The van der Waals surface area contributed by atoms with Crippen LogP contribution < -0.4 is 5.32 Å². The van der Waals surface area contributed by atoms with Crippen molar-refractivity contribution in [3.8, 4) is 0 Å². The minimum atomic E-state index is 0.502. The van der Waals surface area contributed by atoms with Gasteiger partial charge in [0.2, 0.25) is 0 Å². The van der Waals surface area contributed by atoms with Gasteiger partial charge >= 0.3 is 0 Å². The first kappa shape index (κ1) is 11.0. The van der Waals surface area contributed by atoms with Crippen LogP contribution in [0.4, 0.5) is 0 Å². The fraction of sp³-hybridized carbons (Fsp3) is 0.538. The molecule has 0 bridgehead atoms. The summed E-state index contributed by atoms with van der Waals surface area (Å²) in [6.45, 7) is 7.87. The van der Waals surface area contributed by atoms with E-state index < -0.39 is 0 Å². The molecule has 82 valence electrons. The summed E-state index contributed by atoms with van der Waals surface area (Å²) in [5, 5.41) is 4.13. The molecule has 1 saturated heterocycles. The van der Waals surface area contributed by atoms with Crippen LogP contribution in [-0.2, 0) is 0 Å². The Morgan fingerprint density at radius 3 is 2.47 bits per heavy atom. The third kappa shape index (κ3) is 2.37. The highest BCUT2D eigenvalue weighted by molar-refractivity contribution is 7.99. The third-order valence-electron chi connectivity index (χ3n) is 3.00. The molecule has 0 aliphatic carbocycles. The van der Waals surface area contributed by atoms with Gasteiger partial charge in [0.25, 0.3) is 0 Å². The first-order valence-electron chi connectivity index (χ1n) is 5.59. The predicted molar refractivity (Wildman–Crippen MR) is 68.3 cm³/mol. The van der Waals surface area contributed by atoms with Crippen LogP contribution in [0, 0.1) is 19.8 Å². The van der Waals surface area contributed by atoms with Gasteiger partial charge < -0.3 is 5.32 Å². The minimum Gasteiger partial charge on any atom is -0.301 e. The van der Waals surface area contributed by atoms with Crippen LogP contribution in [0.5, 0.6) is 0 Å². The van der Waals surface area contributed by atoms with Crippen LogP contribution in [0.15, 0.2) is 18.2 Å². The van der Waals surface area contributed by atoms with Crippen molar-refractivity contribution < 1.29 is 0 Å². The lowest BCUT2D eigenvalue weighted by Crippen LogP contribution is -2.31. The quantitative estimate of drug-likeness (QED) is 0.781. The number of thioether (sulfide) groups is 1. The molecule has 2 unspecified atom stereocenters. The number of aryl methyl sites for hydroxylation is 2. The third-order valence-corrected chi connectivity index (χ3v) is 4.50. The van der Waals surface area contributed by atoms with E-state index in [0.29, 0.717) is 5.37 Å². The van der Waals surface area contributed by atoms with Gasteiger partial charge in [-0.25, -0.2) is 0 Å². The second-order valence-electron chi connectivity index (χ2n) is 4.53. The Morgan fingerprint density at radius 1 is 1.27 bits per heavy atom. The van der Waals surface area contributed by atoms with E-state index in [2.05, 4.69) is 44.3 Å². The average Bonchev–Trinajstić information content (AvgIpc) is 2.20. The Balaban J connectivity index is 2.22. The fourth-order valence-electron chi connectivity index (χ4n) is 2.11. The van der Waals surface area contributed by atoms with Crippen molar-refractivity contribution in [1.82, 2.24) is 5.32 Å². The largest absolute Gasteiger partial charge is 0.301 e. The van der Waals surface area contributed by atoms with Gasteiger partial charge in [-0.1, -0.05) is 25.1 Å². The van der Waals surface area contributed by atoms with E-state index in [0.717, 1.165) is 12.5 Å². The van der Waals surface area contributed by atoms with Crippen molar-refractivity contribution >= 4 is 11.8 Å². The molecule has 1 heterocycles. The summed E-state index contributed by atoms with van der Waals surface area (Å²) < 4.78 is 0. The zero-order valence-electron chi connectivity index (χ0n) is 9.71. The molecule has 15 heavy (non-hydrogen) atoms. The number of nitrogens with one attached hydrogen (secondary N) is 1. The standard InChI is InChI=1S/C13H19NS/c1-9-7-14-13(15-8-9)12-10(2)5-4-6-11(12)3/h4-6,9,13-14H,7-8H2,1-3H3. The average molecular weight is 221 g/mol. The Hall–Kier alpha value is -0.470. The van der Waals surface area contributed by atoms with Crippen molar-refractivity contribution in [2.75, 3.05) is 12.3 Å². The summed E-state index contributed by atoms with van der Waals surface area (Å²) in [5.74, 6) is 2.07. The van der Waals surface area contributed by atoms with E-state index in [1.807, 2.05) is 11.8 Å². The van der Waals surface area contributed by atoms with Crippen molar-refractivity contribution in [1.29, 1.82) is 0 Å². The van der Waals surface area contributed by atoms with Crippen LogP contribution in [0.1, 0.15) is 29.0 Å². The van der Waals surface area contributed by atoms with Gasteiger partial charge in [-0.3, -0.25) is 0 Å². The van der Waals surface area contributed by atoms with Crippen molar-refractivity contribution in [3.63, 3.8) is 0 Å². The van der Waals surface area contributed by atoms with E-state index in [1.54, 1.807) is 0 Å². The fourth-order valence-corrected chi connectivity index (χ4v) is 3.50. The molecular formula is C13H19NS. The van der Waals surface area contributed by atoms with Gasteiger partial charge in [0.1, 0.15) is 0 Å². The van der Waals surface area contributed by atoms with Crippen LogP contribution in [0.2, 0.25) is 0 Å². The normalized spacial score (nSPS) is 26.6. The Labute approximate surface area is 96.7 Å². The molecule has 0 spiro atoms. The van der Waals surface area contributed by atoms with E-state index in [9.17, 15) is 0 Å². The summed E-state index contributed by atoms with van der Waals surface area (Å²) in [7, 11) is 0. The molecule has 1 aromatic carbocycles. The molecule has 2 heteroatoms. The predicted octanol–water partition coefficient (Wildman–Crippen LogP) is 3.27. The second-order valence-corrected chi connectivity index (χ2v) is 5.67. The Morgan fingerprint density at radius 2 is 1.93 bits per heavy atom. The van der Waals surface area contributed by atoms with Gasteiger partial charge in [0.15, 0.2) is 0 Å². The van der Waals surface area contributed by atoms with E-state index >= 15 is 0 Å². The van der Waals surface area contributed by atoms with Gasteiger partial charge in [0.05, 0.1) is 5.37 Å². The summed E-state index contributed by atoms with van der Waals surface area (Å²) in [6, 6.07) is 6.56. The molecule has 1 fully saturated rings. The van der Waals surface area contributed by atoms with Gasteiger partial charge in [0, 0.05) is 0 Å². The molecule has 1 nitrogen and oxygen atoms in total. The summed E-state index contributed by atoms with van der Waals surface area (Å²) in [4.78, 5) is 0. The number of hydrogen-bond acceptors (Lipinski definition) is 2. The monoisotopic (exact) mass is 221 g/mol. The van der Waals surface area contributed by atoms with E-state index in [1.165, 1.54) is 22.4 Å². The lowest BCUT2D eigenvalue weighted by Gasteiger charge is -2.29. The highest BCUT2D eigenvalue weighted by atomic mass is 32.2. The first-order chi connectivity index (χ1) is 7.18. The minimum absolute atomic E-state index is 0.502.